The number of aliphatic hydroxyl groups excluding tert-OH is 1. The van der Waals surface area contributed by atoms with E-state index in [9.17, 15) is 34.1 Å². The number of aliphatic carboxylic acids is 1. The summed E-state index contributed by atoms with van der Waals surface area (Å²) in [4.78, 5) is 46.0. The molecule has 11 nitrogen and oxygen atoms in total. The smallest absolute Gasteiger partial charge is 0.472 e. The third-order valence-corrected chi connectivity index (χ3v) is 10.3. The van der Waals surface area contributed by atoms with Gasteiger partial charge in [0.05, 0.1) is 13.2 Å². The van der Waals surface area contributed by atoms with Gasteiger partial charge in [0.2, 0.25) is 5.91 Å². The number of carboxylic acid groups (broad SMARTS) is 1. The molecule has 12 heteroatoms. The molecule has 0 fully saturated rings. The molecule has 0 aliphatic carbocycles. The maximum absolute atomic E-state index is 12.3. The Kier molecular flexibility index (Phi) is 41.5. The van der Waals surface area contributed by atoms with Gasteiger partial charge in [0.25, 0.3) is 0 Å². The maximum Gasteiger partial charge on any atom is 0.472 e. The highest BCUT2D eigenvalue weighted by molar-refractivity contribution is 7.47. The number of carbonyl (C=O) groups excluding carboxylic acids is 2. The highest BCUT2D eigenvalue weighted by Crippen LogP contribution is 2.43. The zero-order valence-corrected chi connectivity index (χ0v) is 39.0. The van der Waals surface area contributed by atoms with Crippen molar-refractivity contribution in [2.45, 2.75) is 180 Å². The molecule has 0 bridgehead atoms. The Morgan fingerprint density at radius 1 is 0.532 bits per heavy atom. The molecular weight excluding hydrogens is 806 g/mol. The summed E-state index contributed by atoms with van der Waals surface area (Å²) < 4.78 is 26.8. The minimum absolute atomic E-state index is 0.0590. The minimum Gasteiger partial charge on any atom is -0.480 e. The number of phosphoric acid groups is 1. The van der Waals surface area contributed by atoms with E-state index in [1.54, 1.807) is 0 Å². The third-order valence-electron chi connectivity index (χ3n) is 9.36. The number of rotatable bonds is 42. The van der Waals surface area contributed by atoms with E-state index in [0.717, 1.165) is 83.5 Å². The van der Waals surface area contributed by atoms with Crippen LogP contribution in [0.3, 0.4) is 0 Å². The molecule has 62 heavy (non-hydrogen) atoms. The van der Waals surface area contributed by atoms with Crippen LogP contribution in [0.15, 0.2) is 97.2 Å². The predicted molar refractivity (Wildman–Crippen MR) is 254 cm³/mol. The number of ether oxygens (including phenoxy) is 1. The van der Waals surface area contributed by atoms with Crippen LogP contribution in [-0.4, -0.2) is 64.9 Å². The second-order valence-corrected chi connectivity index (χ2v) is 16.7. The van der Waals surface area contributed by atoms with E-state index in [1.165, 1.54) is 38.5 Å². The fourth-order valence-electron chi connectivity index (χ4n) is 5.77. The average molecular weight is 888 g/mol. The van der Waals surface area contributed by atoms with Crippen molar-refractivity contribution < 1.29 is 47.8 Å². The first-order valence-electron chi connectivity index (χ1n) is 23.3. The lowest BCUT2D eigenvalue weighted by Gasteiger charge is -2.18. The summed E-state index contributed by atoms with van der Waals surface area (Å²) in [5.41, 5.74) is 0. The number of hydrogen-bond acceptors (Lipinski definition) is 8. The molecule has 0 aromatic rings. The number of allylic oxidation sites excluding steroid dienone is 16. The first kappa shape index (κ1) is 58.4. The molecule has 0 aromatic heterocycles. The van der Waals surface area contributed by atoms with Crippen molar-refractivity contribution in [1.82, 2.24) is 5.32 Å². The number of phosphoric ester groups is 1. The van der Waals surface area contributed by atoms with Gasteiger partial charge in [0, 0.05) is 12.8 Å². The molecule has 352 valence electrons. The van der Waals surface area contributed by atoms with Gasteiger partial charge < -0.3 is 25.2 Å². The molecular formula is C50H82NO10P. The van der Waals surface area contributed by atoms with E-state index in [0.29, 0.717) is 19.3 Å². The molecule has 1 amide bonds. The monoisotopic (exact) mass is 888 g/mol. The Morgan fingerprint density at radius 2 is 0.952 bits per heavy atom. The zero-order chi connectivity index (χ0) is 45.6. The molecule has 0 radical (unpaired) electrons. The molecule has 0 rings (SSSR count). The van der Waals surface area contributed by atoms with E-state index < -0.39 is 57.6 Å². The lowest BCUT2D eigenvalue weighted by Crippen LogP contribution is -2.43. The van der Waals surface area contributed by atoms with Crippen molar-refractivity contribution >= 4 is 25.7 Å². The van der Waals surface area contributed by atoms with Gasteiger partial charge in [-0.1, -0.05) is 162 Å². The minimum atomic E-state index is -4.78. The Hall–Kier alpha value is -3.60. The molecule has 3 atom stereocenters. The fraction of sp³-hybridized carbons (Fsp3) is 0.620. The Balaban J connectivity index is 4.02. The number of aliphatic hydroxyl groups is 1. The summed E-state index contributed by atoms with van der Waals surface area (Å²) in [7, 11) is -4.78. The van der Waals surface area contributed by atoms with E-state index in [2.05, 4.69) is 104 Å². The number of amides is 1. The molecule has 0 saturated carbocycles. The van der Waals surface area contributed by atoms with Crippen LogP contribution in [0.5, 0.6) is 0 Å². The summed E-state index contributed by atoms with van der Waals surface area (Å²) in [6.07, 6.45) is 55.8. The quantitative estimate of drug-likeness (QED) is 0.0200. The average Bonchev–Trinajstić information content (AvgIpc) is 3.25. The number of nitrogens with one attached hydrogen (secondary N) is 1. The predicted octanol–water partition coefficient (Wildman–Crippen LogP) is 12.4. The molecule has 0 aliphatic heterocycles. The summed E-state index contributed by atoms with van der Waals surface area (Å²) in [5.74, 6) is -2.48. The first-order valence-corrected chi connectivity index (χ1v) is 24.8. The normalized spacial score (nSPS) is 14.5. The van der Waals surface area contributed by atoms with Crippen LogP contribution < -0.4 is 5.32 Å². The molecule has 0 aliphatic rings. The Bertz CT molecular complexity index is 1410. The van der Waals surface area contributed by atoms with Crippen LogP contribution in [0.4, 0.5) is 0 Å². The summed E-state index contributed by atoms with van der Waals surface area (Å²) >= 11 is 0. The zero-order valence-electron chi connectivity index (χ0n) is 38.1. The first-order chi connectivity index (χ1) is 30.1. The highest BCUT2D eigenvalue weighted by atomic mass is 31.2. The third kappa shape index (κ3) is 43.1. The Morgan fingerprint density at radius 3 is 1.45 bits per heavy atom. The summed E-state index contributed by atoms with van der Waals surface area (Å²) in [5, 5.41) is 21.8. The van der Waals surface area contributed by atoms with Crippen molar-refractivity contribution in [3.05, 3.63) is 97.2 Å². The van der Waals surface area contributed by atoms with Gasteiger partial charge in [-0.2, -0.15) is 0 Å². The molecule has 0 spiro atoms. The van der Waals surface area contributed by atoms with Gasteiger partial charge in [0.1, 0.15) is 12.7 Å². The van der Waals surface area contributed by atoms with Crippen molar-refractivity contribution in [2.24, 2.45) is 0 Å². The van der Waals surface area contributed by atoms with Gasteiger partial charge >= 0.3 is 19.8 Å². The molecule has 4 N–H and O–H groups in total. The van der Waals surface area contributed by atoms with Crippen LogP contribution >= 0.6 is 7.82 Å². The second kappa shape index (κ2) is 44.0. The van der Waals surface area contributed by atoms with Crippen molar-refractivity contribution in [2.75, 3.05) is 19.8 Å². The summed E-state index contributed by atoms with van der Waals surface area (Å²) in [6.45, 7) is 2.41. The van der Waals surface area contributed by atoms with Crippen molar-refractivity contribution in [1.29, 1.82) is 0 Å². The molecule has 3 unspecified atom stereocenters. The number of hydrogen-bond donors (Lipinski definition) is 4. The van der Waals surface area contributed by atoms with Crippen LogP contribution in [0.2, 0.25) is 0 Å². The van der Waals surface area contributed by atoms with E-state index in [-0.39, 0.29) is 12.8 Å². The number of esters is 1. The maximum atomic E-state index is 12.3. The van der Waals surface area contributed by atoms with Gasteiger partial charge in [0.15, 0.2) is 6.04 Å². The fourth-order valence-corrected chi connectivity index (χ4v) is 6.54. The standard InChI is InChI=1S/C50H82NO10P/c1-3-5-7-9-11-13-15-17-19-20-21-22-23-24-25-26-28-29-31-33-35-37-39-41-48(53)51-47(50(55)56)45-61-62(57,58)60-44-46(52)43-59-49(54)42-40-38-36-34-32-30-27-18-16-14-12-10-8-6-4-2/h5,7,11,13,17-19,21-22,24-25,27-29,33,35,46-47,52H,3-4,6,8-10,12,14-16,20,23,26,30-32,34,36-45H2,1-2H3,(H,51,53)(H,55,56)(H,57,58)/b7-5-,13-11-,19-17-,22-21-,25-24-,27-18-,29-28-,35-33-. The SMILES string of the molecule is CC/C=C\C/C=C\C/C=C\C/C=C\C/C=C\C/C=C\C/C=C\CCCC(=O)NC(COP(=O)(O)OCC(O)COC(=O)CCCCCCC/C=C\CCCCCCCC)C(=O)O. The van der Waals surface area contributed by atoms with Gasteiger partial charge in [-0.15, -0.1) is 0 Å². The molecule has 0 heterocycles. The van der Waals surface area contributed by atoms with Gasteiger partial charge in [-0.3, -0.25) is 18.6 Å². The highest BCUT2D eigenvalue weighted by Gasteiger charge is 2.28. The van der Waals surface area contributed by atoms with Gasteiger partial charge in [-0.25, -0.2) is 9.36 Å². The topological polar surface area (TPSA) is 169 Å². The lowest BCUT2D eigenvalue weighted by atomic mass is 10.1. The van der Waals surface area contributed by atoms with E-state index in [4.69, 9.17) is 13.8 Å². The van der Waals surface area contributed by atoms with Crippen molar-refractivity contribution in [3.8, 4) is 0 Å². The van der Waals surface area contributed by atoms with Crippen molar-refractivity contribution in [3.63, 3.8) is 0 Å². The Labute approximate surface area is 374 Å². The molecule has 0 aromatic carbocycles. The lowest BCUT2D eigenvalue weighted by molar-refractivity contribution is -0.147. The number of unbranched alkanes of at least 4 members (excludes halogenated alkanes) is 12. The van der Waals surface area contributed by atoms with Crippen LogP contribution in [-0.2, 0) is 32.7 Å². The largest absolute Gasteiger partial charge is 0.480 e. The van der Waals surface area contributed by atoms with Gasteiger partial charge in [-0.05, 0) is 89.9 Å². The van der Waals surface area contributed by atoms with E-state index in [1.807, 2.05) is 12.2 Å². The van der Waals surface area contributed by atoms with E-state index >= 15 is 0 Å². The van der Waals surface area contributed by atoms with Crippen LogP contribution in [0.25, 0.3) is 0 Å². The molecule has 0 saturated heterocycles. The number of carboxylic acids is 1. The summed E-state index contributed by atoms with van der Waals surface area (Å²) in [6, 6.07) is -1.59. The number of carbonyl (C=O) groups is 3. The second-order valence-electron chi connectivity index (χ2n) is 15.2. The van der Waals surface area contributed by atoms with Crippen LogP contribution in [0.1, 0.15) is 168 Å². The van der Waals surface area contributed by atoms with Crippen LogP contribution in [0, 0.1) is 0 Å².